The van der Waals surface area contributed by atoms with E-state index in [1.807, 2.05) is 6.08 Å². The van der Waals surface area contributed by atoms with Crippen LogP contribution in [-0.2, 0) is 0 Å². The normalized spacial score (nSPS) is 11.9. The summed E-state index contributed by atoms with van der Waals surface area (Å²) >= 11 is 0. The van der Waals surface area contributed by atoms with E-state index in [4.69, 9.17) is 0 Å². The molecule has 0 amide bonds. The summed E-state index contributed by atoms with van der Waals surface area (Å²) in [5.74, 6) is 0. The van der Waals surface area contributed by atoms with Crippen molar-refractivity contribution in [3.05, 3.63) is 24.8 Å². The second-order valence-corrected chi connectivity index (χ2v) is 9.69. The second kappa shape index (κ2) is 17.5. The number of nitrogens with zero attached hydrogens (tertiary/aromatic N) is 1. The molecule has 0 aromatic rings. The van der Waals surface area contributed by atoms with Crippen LogP contribution in [0.1, 0.15) is 118 Å². The van der Waals surface area contributed by atoms with Crippen molar-refractivity contribution in [1.82, 2.24) is 4.90 Å². The summed E-state index contributed by atoms with van der Waals surface area (Å²) < 4.78 is 0. The van der Waals surface area contributed by atoms with Crippen LogP contribution in [0.15, 0.2) is 24.8 Å². The van der Waals surface area contributed by atoms with Gasteiger partial charge in [-0.15, -0.1) is 6.58 Å². The minimum Gasteiger partial charge on any atom is -0.303 e. The van der Waals surface area contributed by atoms with Crippen LogP contribution in [0, 0.1) is 5.41 Å². The maximum absolute atomic E-state index is 4.26. The molecule has 0 saturated carbocycles. The summed E-state index contributed by atoms with van der Waals surface area (Å²) in [6.07, 6.45) is 20.7. The second-order valence-electron chi connectivity index (χ2n) is 9.69. The zero-order chi connectivity index (χ0) is 20.4. The van der Waals surface area contributed by atoms with Gasteiger partial charge in [0, 0.05) is 0 Å². The van der Waals surface area contributed by atoms with E-state index < -0.39 is 0 Å². The fourth-order valence-electron chi connectivity index (χ4n) is 3.89. The Bertz CT molecular complexity index is 350. The van der Waals surface area contributed by atoms with Crippen molar-refractivity contribution < 1.29 is 0 Å². The van der Waals surface area contributed by atoms with E-state index >= 15 is 0 Å². The molecular weight excluding hydrogens is 326 g/mol. The van der Waals surface area contributed by atoms with E-state index in [2.05, 4.69) is 45.8 Å². The van der Waals surface area contributed by atoms with Crippen molar-refractivity contribution in [3.8, 4) is 0 Å². The molecule has 0 bridgehead atoms. The number of hydrogen-bond acceptors (Lipinski definition) is 1. The van der Waals surface area contributed by atoms with Crippen molar-refractivity contribution in [1.29, 1.82) is 0 Å². The van der Waals surface area contributed by atoms with E-state index in [9.17, 15) is 0 Å². The molecule has 0 aromatic carbocycles. The van der Waals surface area contributed by atoms with Gasteiger partial charge in [0.1, 0.15) is 0 Å². The summed E-state index contributed by atoms with van der Waals surface area (Å²) in [6.45, 7) is 21.2. The third-order valence-corrected chi connectivity index (χ3v) is 5.21. The summed E-state index contributed by atoms with van der Waals surface area (Å²) in [4.78, 5) is 2.70. The summed E-state index contributed by atoms with van der Waals surface area (Å²) in [7, 11) is 0. The molecule has 0 aliphatic carbocycles. The van der Waals surface area contributed by atoms with Crippen LogP contribution in [0.3, 0.4) is 0 Å². The first kappa shape index (κ1) is 26.4. The standard InChI is InChI=1S/C26H51N/c1-7-9-10-11-12-15-18-22-27(21-8-2)23-19-16-13-14-17-20-25(3)24-26(4,5)6/h7H,1,3,8-24H2,2,4-6H3. The fraction of sp³-hybridized carbons (Fsp3) is 0.846. The van der Waals surface area contributed by atoms with Crippen LogP contribution in [0.4, 0.5) is 0 Å². The van der Waals surface area contributed by atoms with Crippen molar-refractivity contribution in [2.75, 3.05) is 19.6 Å². The third-order valence-electron chi connectivity index (χ3n) is 5.21. The number of rotatable bonds is 19. The van der Waals surface area contributed by atoms with Crippen molar-refractivity contribution in [2.24, 2.45) is 5.41 Å². The minimum atomic E-state index is 0.394. The molecule has 0 fully saturated rings. The molecule has 160 valence electrons. The molecule has 0 aliphatic heterocycles. The lowest BCUT2D eigenvalue weighted by Gasteiger charge is -2.21. The van der Waals surface area contributed by atoms with Gasteiger partial charge in [0.25, 0.3) is 0 Å². The Morgan fingerprint density at radius 1 is 0.778 bits per heavy atom. The van der Waals surface area contributed by atoms with E-state index in [-0.39, 0.29) is 0 Å². The van der Waals surface area contributed by atoms with E-state index in [1.165, 1.54) is 115 Å². The first-order valence-corrected chi connectivity index (χ1v) is 11.9. The lowest BCUT2D eigenvalue weighted by molar-refractivity contribution is 0.260. The Morgan fingerprint density at radius 2 is 1.30 bits per heavy atom. The molecule has 0 unspecified atom stereocenters. The summed E-state index contributed by atoms with van der Waals surface area (Å²) in [5, 5.41) is 0. The Hall–Kier alpha value is -0.560. The van der Waals surface area contributed by atoms with Crippen molar-refractivity contribution in [2.45, 2.75) is 118 Å². The average Bonchev–Trinajstić information content (AvgIpc) is 2.58. The maximum atomic E-state index is 4.26. The molecule has 1 nitrogen and oxygen atoms in total. The van der Waals surface area contributed by atoms with Crippen molar-refractivity contribution >= 4 is 0 Å². The largest absolute Gasteiger partial charge is 0.303 e. The number of hydrogen-bond donors (Lipinski definition) is 0. The molecule has 0 aromatic heterocycles. The predicted octanol–water partition coefficient (Wildman–Crippen LogP) is 8.56. The molecular formula is C26H51N. The van der Waals surface area contributed by atoms with E-state index in [1.54, 1.807) is 0 Å². The first-order chi connectivity index (χ1) is 12.9. The van der Waals surface area contributed by atoms with Crippen LogP contribution >= 0.6 is 0 Å². The zero-order valence-corrected chi connectivity index (χ0v) is 19.5. The molecule has 1 heteroatoms. The smallest absolute Gasteiger partial charge is 0.00187 e. The fourth-order valence-corrected chi connectivity index (χ4v) is 3.89. The average molecular weight is 378 g/mol. The van der Waals surface area contributed by atoms with Gasteiger partial charge in [-0.25, -0.2) is 0 Å². The Labute approximate surface area is 172 Å². The SMILES string of the molecule is C=CCCCCCCCN(CCC)CCCCCCCC(=C)CC(C)(C)C. The monoisotopic (exact) mass is 377 g/mol. The highest BCUT2D eigenvalue weighted by atomic mass is 15.1. The maximum Gasteiger partial charge on any atom is -0.00187 e. The van der Waals surface area contributed by atoms with Crippen LogP contribution < -0.4 is 0 Å². The van der Waals surface area contributed by atoms with Crippen LogP contribution in [0.25, 0.3) is 0 Å². The Morgan fingerprint density at radius 3 is 1.81 bits per heavy atom. The quantitative estimate of drug-likeness (QED) is 0.161. The topological polar surface area (TPSA) is 3.24 Å². The van der Waals surface area contributed by atoms with Gasteiger partial charge in [0.2, 0.25) is 0 Å². The Kier molecular flexibility index (Phi) is 17.2. The van der Waals surface area contributed by atoms with Crippen LogP contribution in [0.2, 0.25) is 0 Å². The van der Waals surface area contributed by atoms with E-state index in [0.29, 0.717) is 5.41 Å². The molecule has 0 aliphatic rings. The molecule has 0 atom stereocenters. The summed E-state index contributed by atoms with van der Waals surface area (Å²) in [6, 6.07) is 0. The number of unbranched alkanes of at least 4 members (excludes halogenated alkanes) is 9. The van der Waals surface area contributed by atoms with E-state index in [0.717, 1.165) is 0 Å². The van der Waals surface area contributed by atoms with Gasteiger partial charge in [0.05, 0.1) is 0 Å². The highest BCUT2D eigenvalue weighted by Crippen LogP contribution is 2.26. The van der Waals surface area contributed by atoms with Crippen LogP contribution in [0.5, 0.6) is 0 Å². The molecule has 0 rings (SSSR count). The molecule has 0 N–H and O–H groups in total. The van der Waals surface area contributed by atoms with Gasteiger partial charge in [-0.2, -0.15) is 0 Å². The van der Waals surface area contributed by atoms with Gasteiger partial charge in [0.15, 0.2) is 0 Å². The molecule has 0 saturated heterocycles. The molecule has 0 heterocycles. The predicted molar refractivity (Wildman–Crippen MR) is 126 cm³/mol. The molecule has 0 spiro atoms. The Balaban J connectivity index is 3.61. The molecule has 0 radical (unpaired) electrons. The van der Waals surface area contributed by atoms with Gasteiger partial charge in [-0.05, 0) is 76.4 Å². The lowest BCUT2D eigenvalue weighted by Crippen LogP contribution is -2.27. The zero-order valence-electron chi connectivity index (χ0n) is 19.5. The van der Waals surface area contributed by atoms with Gasteiger partial charge < -0.3 is 4.90 Å². The molecule has 27 heavy (non-hydrogen) atoms. The minimum absolute atomic E-state index is 0.394. The first-order valence-electron chi connectivity index (χ1n) is 11.9. The number of allylic oxidation sites excluding steroid dienone is 2. The van der Waals surface area contributed by atoms with Gasteiger partial charge in [-0.1, -0.05) is 84.4 Å². The third kappa shape index (κ3) is 20.0. The van der Waals surface area contributed by atoms with Crippen molar-refractivity contribution in [3.63, 3.8) is 0 Å². The summed E-state index contributed by atoms with van der Waals surface area (Å²) in [5.41, 5.74) is 1.84. The highest BCUT2D eigenvalue weighted by molar-refractivity contribution is 4.97. The van der Waals surface area contributed by atoms with Crippen LogP contribution in [-0.4, -0.2) is 24.5 Å². The van der Waals surface area contributed by atoms with Gasteiger partial charge in [-0.3, -0.25) is 0 Å². The lowest BCUT2D eigenvalue weighted by atomic mass is 9.87. The highest BCUT2D eigenvalue weighted by Gasteiger charge is 2.11. The van der Waals surface area contributed by atoms with Gasteiger partial charge >= 0.3 is 0 Å².